The molecule has 1 heterocycles. The van der Waals surface area contributed by atoms with Crippen molar-refractivity contribution in [3.8, 4) is 0 Å². The molecule has 0 fully saturated rings. The van der Waals surface area contributed by atoms with Crippen LogP contribution in [0, 0.1) is 5.82 Å². The molecule has 0 bridgehead atoms. The lowest BCUT2D eigenvalue weighted by Crippen LogP contribution is -2.07. The van der Waals surface area contributed by atoms with Crippen LogP contribution in [-0.4, -0.2) is 0 Å². The van der Waals surface area contributed by atoms with Gasteiger partial charge < -0.3 is 0 Å². The Labute approximate surface area is 127 Å². The van der Waals surface area contributed by atoms with Gasteiger partial charge in [-0.15, -0.1) is 22.9 Å². The molecule has 0 spiro atoms. The van der Waals surface area contributed by atoms with Gasteiger partial charge in [0, 0.05) is 20.3 Å². The zero-order valence-electron chi connectivity index (χ0n) is 11.0. The topological polar surface area (TPSA) is 0 Å². The van der Waals surface area contributed by atoms with E-state index in [9.17, 15) is 4.39 Å². The van der Waals surface area contributed by atoms with E-state index >= 15 is 0 Å². The van der Waals surface area contributed by atoms with Gasteiger partial charge in [-0.05, 0) is 29.7 Å². The average Bonchev–Trinajstić information content (AvgIpc) is 2.76. The second-order valence-electron chi connectivity index (χ2n) is 5.48. The first-order valence-electron chi connectivity index (χ1n) is 5.98. The van der Waals surface area contributed by atoms with Crippen LogP contribution in [-0.2, 0) is 5.41 Å². The highest BCUT2D eigenvalue weighted by atomic mass is 35.5. The third-order valence-corrected chi connectivity index (χ3v) is 5.26. The molecule has 0 amide bonds. The predicted molar refractivity (Wildman–Crippen MR) is 82.1 cm³/mol. The number of halogens is 3. The maximum atomic E-state index is 13.9. The maximum Gasteiger partial charge on any atom is 0.129 e. The fourth-order valence-corrected chi connectivity index (χ4v) is 3.36. The van der Waals surface area contributed by atoms with Crippen LogP contribution < -0.4 is 0 Å². The molecular weight excluding hydrogens is 302 g/mol. The molecule has 2 aromatic rings. The lowest BCUT2D eigenvalue weighted by Gasteiger charge is -2.15. The van der Waals surface area contributed by atoms with Gasteiger partial charge in [-0.1, -0.05) is 38.4 Å². The fourth-order valence-electron chi connectivity index (χ4n) is 1.75. The van der Waals surface area contributed by atoms with E-state index in [4.69, 9.17) is 23.2 Å². The molecule has 0 nitrogen and oxygen atoms in total. The normalized spacial score (nSPS) is 13.6. The molecule has 0 saturated carbocycles. The molecule has 102 valence electrons. The Bertz CT molecular complexity index is 584. The second-order valence-corrected chi connectivity index (χ2v) is 7.47. The highest BCUT2D eigenvalue weighted by molar-refractivity contribution is 7.12. The van der Waals surface area contributed by atoms with Gasteiger partial charge in [0.05, 0.1) is 5.38 Å². The first-order chi connectivity index (χ1) is 8.79. The van der Waals surface area contributed by atoms with E-state index in [0.717, 1.165) is 4.88 Å². The molecule has 1 aromatic carbocycles. The molecule has 0 saturated heterocycles. The molecule has 1 unspecified atom stereocenters. The van der Waals surface area contributed by atoms with Gasteiger partial charge in [-0.2, -0.15) is 0 Å². The molecule has 1 atom stereocenters. The number of rotatable bonds is 2. The third kappa shape index (κ3) is 3.31. The molecular formula is C15H15Cl2FS. The van der Waals surface area contributed by atoms with Crippen molar-refractivity contribution in [2.75, 3.05) is 0 Å². The largest absolute Gasteiger partial charge is 0.207 e. The smallest absolute Gasteiger partial charge is 0.129 e. The van der Waals surface area contributed by atoms with Crippen molar-refractivity contribution >= 4 is 34.5 Å². The lowest BCUT2D eigenvalue weighted by molar-refractivity contribution is 0.604. The minimum atomic E-state index is -0.474. The van der Waals surface area contributed by atoms with Gasteiger partial charge in [0.15, 0.2) is 0 Å². The van der Waals surface area contributed by atoms with E-state index in [1.54, 1.807) is 23.5 Å². The minimum Gasteiger partial charge on any atom is -0.207 e. The van der Waals surface area contributed by atoms with Gasteiger partial charge in [-0.3, -0.25) is 0 Å². The quantitative estimate of drug-likeness (QED) is 0.581. The Hall–Kier alpha value is -0.570. The minimum absolute atomic E-state index is 0.0814. The van der Waals surface area contributed by atoms with Crippen molar-refractivity contribution in [1.29, 1.82) is 0 Å². The van der Waals surface area contributed by atoms with Crippen LogP contribution in [0.2, 0.25) is 5.02 Å². The number of thiophene rings is 1. The van der Waals surface area contributed by atoms with Gasteiger partial charge >= 0.3 is 0 Å². The van der Waals surface area contributed by atoms with E-state index in [0.29, 0.717) is 10.6 Å². The van der Waals surface area contributed by atoms with E-state index in [1.807, 2.05) is 6.07 Å². The summed E-state index contributed by atoms with van der Waals surface area (Å²) in [7, 11) is 0. The van der Waals surface area contributed by atoms with Crippen molar-refractivity contribution in [3.05, 3.63) is 56.5 Å². The molecule has 0 N–H and O–H groups in total. The molecule has 4 heteroatoms. The zero-order valence-corrected chi connectivity index (χ0v) is 13.3. The van der Waals surface area contributed by atoms with Crippen LogP contribution in [0.5, 0.6) is 0 Å². The summed E-state index contributed by atoms with van der Waals surface area (Å²) in [5, 5.41) is -0.0926. The summed E-state index contributed by atoms with van der Waals surface area (Å²) >= 11 is 13.8. The average molecular weight is 317 g/mol. The lowest BCUT2D eigenvalue weighted by atomic mass is 9.95. The van der Waals surface area contributed by atoms with Crippen molar-refractivity contribution in [3.63, 3.8) is 0 Å². The van der Waals surface area contributed by atoms with Crippen molar-refractivity contribution in [1.82, 2.24) is 0 Å². The van der Waals surface area contributed by atoms with Crippen LogP contribution in [0.3, 0.4) is 0 Å². The number of hydrogen-bond acceptors (Lipinski definition) is 1. The highest BCUT2D eigenvalue weighted by Crippen LogP contribution is 2.38. The van der Waals surface area contributed by atoms with Crippen LogP contribution >= 0.6 is 34.5 Å². The summed E-state index contributed by atoms with van der Waals surface area (Å²) < 4.78 is 13.9. The Balaban J connectivity index is 2.34. The van der Waals surface area contributed by atoms with E-state index < -0.39 is 5.38 Å². The number of alkyl halides is 1. The fraction of sp³-hybridized carbons (Fsp3) is 0.333. The highest BCUT2D eigenvalue weighted by Gasteiger charge is 2.21. The number of benzene rings is 1. The first kappa shape index (κ1) is 14.8. The van der Waals surface area contributed by atoms with Crippen LogP contribution in [0.1, 0.15) is 41.5 Å². The summed E-state index contributed by atoms with van der Waals surface area (Å²) in [4.78, 5) is 2.19. The Morgan fingerprint density at radius 2 is 1.84 bits per heavy atom. The second kappa shape index (κ2) is 5.43. The molecule has 1 aromatic heterocycles. The third-order valence-electron chi connectivity index (χ3n) is 2.85. The van der Waals surface area contributed by atoms with E-state index in [2.05, 4.69) is 26.8 Å². The summed E-state index contributed by atoms with van der Waals surface area (Å²) in [6, 6.07) is 8.63. The Kier molecular flexibility index (Phi) is 4.24. The Morgan fingerprint density at radius 3 is 2.37 bits per heavy atom. The molecule has 0 aliphatic rings. The number of hydrogen-bond donors (Lipinski definition) is 0. The Morgan fingerprint density at radius 1 is 1.16 bits per heavy atom. The van der Waals surface area contributed by atoms with Gasteiger partial charge in [0.1, 0.15) is 5.82 Å². The predicted octanol–water partition coefficient (Wildman–Crippen LogP) is 6.17. The van der Waals surface area contributed by atoms with Gasteiger partial charge in [0.25, 0.3) is 0 Å². The monoisotopic (exact) mass is 316 g/mol. The van der Waals surface area contributed by atoms with Crippen molar-refractivity contribution < 1.29 is 4.39 Å². The summed E-state index contributed by atoms with van der Waals surface area (Å²) in [6.45, 7) is 6.44. The maximum absolute atomic E-state index is 13.9. The molecule has 19 heavy (non-hydrogen) atoms. The van der Waals surface area contributed by atoms with Crippen LogP contribution in [0.15, 0.2) is 30.3 Å². The van der Waals surface area contributed by atoms with Crippen molar-refractivity contribution in [2.24, 2.45) is 0 Å². The SMILES string of the molecule is CC(C)(C)c1ccc(C(Cl)c2ccc(Cl)cc2F)s1. The molecule has 0 aliphatic heterocycles. The zero-order chi connectivity index (χ0) is 14.2. The first-order valence-corrected chi connectivity index (χ1v) is 7.61. The summed E-state index contributed by atoms with van der Waals surface area (Å²) in [5.74, 6) is -0.363. The van der Waals surface area contributed by atoms with Gasteiger partial charge in [0.2, 0.25) is 0 Å². The van der Waals surface area contributed by atoms with Crippen LogP contribution in [0.4, 0.5) is 4.39 Å². The molecule has 0 aliphatic carbocycles. The molecule has 0 radical (unpaired) electrons. The van der Waals surface area contributed by atoms with Crippen LogP contribution in [0.25, 0.3) is 0 Å². The standard InChI is InChI=1S/C15H15Cl2FS/c1-15(2,3)13-7-6-12(19-13)14(17)10-5-4-9(16)8-11(10)18/h4-8,14H,1-3H3. The summed E-state index contributed by atoms with van der Waals surface area (Å²) in [6.07, 6.45) is 0. The molecule has 2 rings (SSSR count). The summed E-state index contributed by atoms with van der Waals surface area (Å²) in [5.41, 5.74) is 0.548. The van der Waals surface area contributed by atoms with Gasteiger partial charge in [-0.25, -0.2) is 4.39 Å². The van der Waals surface area contributed by atoms with E-state index in [-0.39, 0.29) is 11.2 Å². The van der Waals surface area contributed by atoms with E-state index in [1.165, 1.54) is 10.9 Å². The van der Waals surface area contributed by atoms with Crippen molar-refractivity contribution in [2.45, 2.75) is 31.6 Å².